The third-order valence-electron chi connectivity index (χ3n) is 2.72. The van der Waals surface area contributed by atoms with Gasteiger partial charge in [0.15, 0.2) is 0 Å². The van der Waals surface area contributed by atoms with E-state index in [0.29, 0.717) is 0 Å². The fraction of sp³-hybridized carbons (Fsp3) is 0.385. The van der Waals surface area contributed by atoms with Crippen LogP contribution in [0, 0.1) is 13.8 Å². The highest BCUT2D eigenvalue weighted by atomic mass is 14.9. The van der Waals surface area contributed by atoms with Crippen LogP contribution in [0.5, 0.6) is 0 Å². The van der Waals surface area contributed by atoms with E-state index in [-0.39, 0.29) is 0 Å². The molecular weight excluding hydrogens is 170 g/mol. The number of para-hydroxylation sites is 1. The molecule has 1 heterocycles. The van der Waals surface area contributed by atoms with Gasteiger partial charge in [-0.15, -0.1) is 0 Å². The zero-order valence-electron chi connectivity index (χ0n) is 9.76. The lowest BCUT2D eigenvalue weighted by atomic mass is 10.2. The lowest BCUT2D eigenvalue weighted by Gasteiger charge is -1.96. The van der Waals surface area contributed by atoms with Crippen molar-refractivity contribution in [3.8, 4) is 0 Å². The van der Waals surface area contributed by atoms with Crippen molar-refractivity contribution in [3.63, 3.8) is 0 Å². The quantitative estimate of drug-likeness (QED) is 0.593. The maximum atomic E-state index is 2.24. The highest BCUT2D eigenvalue weighted by molar-refractivity contribution is 5.85. The Hall–Kier alpha value is -1.24. The molecule has 1 nitrogen and oxygen atoms in total. The number of benzene rings is 1. The van der Waals surface area contributed by atoms with Gasteiger partial charge in [-0.05, 0) is 25.5 Å². The fourth-order valence-corrected chi connectivity index (χ4v) is 1.71. The fourth-order valence-electron chi connectivity index (χ4n) is 1.71. The normalized spacial score (nSPS) is 9.79. The summed E-state index contributed by atoms with van der Waals surface area (Å²) in [4.78, 5) is 0. The Morgan fingerprint density at radius 2 is 1.57 bits per heavy atom. The Labute approximate surface area is 86.4 Å². The van der Waals surface area contributed by atoms with Gasteiger partial charge >= 0.3 is 0 Å². The summed E-state index contributed by atoms with van der Waals surface area (Å²) in [5.41, 5.74) is 4.08. The van der Waals surface area contributed by atoms with Crippen molar-refractivity contribution < 1.29 is 0 Å². The number of nitrogens with zero attached hydrogens (tertiary/aromatic N) is 1. The lowest BCUT2D eigenvalue weighted by Crippen LogP contribution is -1.89. The van der Waals surface area contributed by atoms with Crippen LogP contribution in [0.2, 0.25) is 0 Å². The van der Waals surface area contributed by atoms with Crippen LogP contribution in [-0.4, -0.2) is 4.57 Å². The number of hydrogen-bond acceptors (Lipinski definition) is 0. The van der Waals surface area contributed by atoms with E-state index in [1.807, 2.05) is 13.8 Å². The largest absolute Gasteiger partial charge is 0.348 e. The predicted molar refractivity (Wildman–Crippen MR) is 63.7 cm³/mol. The maximum absolute atomic E-state index is 2.24. The van der Waals surface area contributed by atoms with Crippen LogP contribution >= 0.6 is 0 Å². The molecule has 0 saturated heterocycles. The molecule has 76 valence electrons. The van der Waals surface area contributed by atoms with Gasteiger partial charge in [-0.25, -0.2) is 0 Å². The summed E-state index contributed by atoms with van der Waals surface area (Å²) >= 11 is 0. The molecule has 0 amide bonds. The molecule has 0 aliphatic heterocycles. The van der Waals surface area contributed by atoms with Crippen LogP contribution in [0.15, 0.2) is 24.3 Å². The minimum absolute atomic E-state index is 1.33. The summed E-state index contributed by atoms with van der Waals surface area (Å²) in [6, 6.07) is 8.52. The van der Waals surface area contributed by atoms with Crippen molar-refractivity contribution in [2.24, 2.45) is 7.05 Å². The molecule has 1 aromatic heterocycles. The number of hydrogen-bond donors (Lipinski definition) is 0. The first kappa shape index (κ1) is 10.8. The lowest BCUT2D eigenvalue weighted by molar-refractivity contribution is 0.910. The van der Waals surface area contributed by atoms with Gasteiger partial charge in [-0.1, -0.05) is 32.0 Å². The van der Waals surface area contributed by atoms with Crippen LogP contribution in [0.3, 0.4) is 0 Å². The van der Waals surface area contributed by atoms with E-state index >= 15 is 0 Å². The second-order valence-corrected chi connectivity index (χ2v) is 3.29. The molecular formula is C13H19N. The first-order valence-electron chi connectivity index (χ1n) is 5.22. The van der Waals surface area contributed by atoms with Gasteiger partial charge in [-0.2, -0.15) is 0 Å². The Bertz CT molecular complexity index is 385. The molecule has 0 spiro atoms. The molecule has 2 rings (SSSR count). The van der Waals surface area contributed by atoms with E-state index in [0.717, 1.165) is 0 Å². The summed E-state index contributed by atoms with van der Waals surface area (Å²) in [5.74, 6) is 0. The molecule has 14 heavy (non-hydrogen) atoms. The summed E-state index contributed by atoms with van der Waals surface area (Å²) in [5, 5.41) is 1.37. The Morgan fingerprint density at radius 3 is 2.14 bits per heavy atom. The topological polar surface area (TPSA) is 4.93 Å². The predicted octanol–water partition coefficient (Wildman–Crippen LogP) is 3.82. The van der Waals surface area contributed by atoms with Crippen molar-refractivity contribution in [2.75, 3.05) is 0 Å². The molecule has 0 unspecified atom stereocenters. The third-order valence-corrected chi connectivity index (χ3v) is 2.72. The average molecular weight is 189 g/mol. The first-order valence-corrected chi connectivity index (χ1v) is 5.22. The SMILES string of the molecule is CC.Cc1c(C)n(C)c2ccccc12. The summed E-state index contributed by atoms with van der Waals surface area (Å²) < 4.78 is 2.24. The van der Waals surface area contributed by atoms with Crippen LogP contribution in [0.4, 0.5) is 0 Å². The summed E-state index contributed by atoms with van der Waals surface area (Å²) in [7, 11) is 2.12. The molecule has 0 bridgehead atoms. The monoisotopic (exact) mass is 189 g/mol. The first-order chi connectivity index (χ1) is 6.72. The molecule has 1 heteroatoms. The van der Waals surface area contributed by atoms with Crippen molar-refractivity contribution >= 4 is 10.9 Å². The van der Waals surface area contributed by atoms with E-state index in [2.05, 4.69) is 49.7 Å². The van der Waals surface area contributed by atoms with Gasteiger partial charge in [0.25, 0.3) is 0 Å². The molecule has 0 aliphatic rings. The molecule has 0 fully saturated rings. The Balaban J connectivity index is 0.000000461. The van der Waals surface area contributed by atoms with E-state index in [4.69, 9.17) is 0 Å². The van der Waals surface area contributed by atoms with Gasteiger partial charge in [0.1, 0.15) is 0 Å². The second-order valence-electron chi connectivity index (χ2n) is 3.29. The molecule has 0 saturated carbocycles. The number of aromatic nitrogens is 1. The number of aryl methyl sites for hydroxylation is 2. The van der Waals surface area contributed by atoms with E-state index in [1.165, 1.54) is 22.2 Å². The summed E-state index contributed by atoms with van der Waals surface area (Å²) in [6.07, 6.45) is 0. The molecule has 2 aromatic rings. The maximum Gasteiger partial charge on any atom is 0.0482 e. The minimum Gasteiger partial charge on any atom is -0.348 e. The van der Waals surface area contributed by atoms with Crippen LogP contribution in [0.1, 0.15) is 25.1 Å². The Kier molecular flexibility index (Phi) is 3.34. The van der Waals surface area contributed by atoms with Gasteiger partial charge in [0.2, 0.25) is 0 Å². The molecule has 0 aliphatic carbocycles. The average Bonchev–Trinajstić information content (AvgIpc) is 2.48. The third kappa shape index (κ3) is 1.54. The zero-order valence-corrected chi connectivity index (χ0v) is 9.76. The van der Waals surface area contributed by atoms with Gasteiger partial charge in [0, 0.05) is 23.6 Å². The number of fused-ring (bicyclic) bond motifs is 1. The van der Waals surface area contributed by atoms with Gasteiger partial charge in [-0.3, -0.25) is 0 Å². The number of rotatable bonds is 0. The van der Waals surface area contributed by atoms with Crippen LogP contribution < -0.4 is 0 Å². The standard InChI is InChI=1S/C11H13N.C2H6/c1-8-9(2)12(3)11-7-5-4-6-10(8)11;1-2/h4-7H,1-3H3;1-2H3. The molecule has 0 radical (unpaired) electrons. The molecule has 1 aromatic carbocycles. The van der Waals surface area contributed by atoms with Gasteiger partial charge < -0.3 is 4.57 Å². The van der Waals surface area contributed by atoms with Crippen LogP contribution in [0.25, 0.3) is 10.9 Å². The van der Waals surface area contributed by atoms with E-state index in [1.54, 1.807) is 0 Å². The van der Waals surface area contributed by atoms with E-state index in [9.17, 15) is 0 Å². The van der Waals surface area contributed by atoms with Crippen molar-refractivity contribution in [1.29, 1.82) is 0 Å². The van der Waals surface area contributed by atoms with Crippen molar-refractivity contribution in [2.45, 2.75) is 27.7 Å². The molecule has 0 atom stereocenters. The minimum atomic E-state index is 1.33. The molecule has 0 N–H and O–H groups in total. The van der Waals surface area contributed by atoms with Crippen LogP contribution in [-0.2, 0) is 7.05 Å². The second kappa shape index (κ2) is 4.32. The highest BCUT2D eigenvalue weighted by Crippen LogP contribution is 2.22. The van der Waals surface area contributed by atoms with E-state index < -0.39 is 0 Å². The summed E-state index contributed by atoms with van der Waals surface area (Å²) in [6.45, 7) is 8.34. The smallest absolute Gasteiger partial charge is 0.0482 e. The van der Waals surface area contributed by atoms with Crippen molar-refractivity contribution in [1.82, 2.24) is 4.57 Å². The Morgan fingerprint density at radius 1 is 1.00 bits per heavy atom. The van der Waals surface area contributed by atoms with Gasteiger partial charge in [0.05, 0.1) is 0 Å². The highest BCUT2D eigenvalue weighted by Gasteiger charge is 2.05. The van der Waals surface area contributed by atoms with Crippen molar-refractivity contribution in [3.05, 3.63) is 35.5 Å². The zero-order chi connectivity index (χ0) is 10.7.